The molecular weight excluding hydrogens is 384 g/mol. The number of hydrogen-bond donors (Lipinski definition) is 2. The summed E-state index contributed by atoms with van der Waals surface area (Å²) in [5.41, 5.74) is 0.744. The number of carbonyl (C=O) groups is 3. The Morgan fingerprint density at radius 1 is 1.18 bits per heavy atom. The van der Waals surface area contributed by atoms with E-state index in [1.165, 1.54) is 4.31 Å². The minimum Gasteiger partial charge on any atom is -0.481 e. The number of carboxylic acid groups (broad SMARTS) is 1. The molecule has 2 heterocycles. The van der Waals surface area contributed by atoms with E-state index in [2.05, 4.69) is 0 Å². The van der Waals surface area contributed by atoms with Gasteiger partial charge in [0.05, 0.1) is 17.7 Å². The Kier molecular flexibility index (Phi) is 7.40. The van der Waals surface area contributed by atoms with Gasteiger partial charge in [0.2, 0.25) is 16.8 Å². The lowest BCUT2D eigenvalue weighted by Crippen LogP contribution is -2.47. The number of likely N-dealkylation sites (tertiary alicyclic amines) is 1. The molecule has 0 aliphatic carbocycles. The molecule has 2 atom stereocenters. The third kappa shape index (κ3) is 4.45. The van der Waals surface area contributed by atoms with Crippen LogP contribution in [0.5, 0.6) is 0 Å². The summed E-state index contributed by atoms with van der Waals surface area (Å²) >= 11 is 0. The summed E-state index contributed by atoms with van der Waals surface area (Å²) < 4.78 is 24.8. The van der Waals surface area contributed by atoms with Crippen LogP contribution < -0.4 is 0 Å². The van der Waals surface area contributed by atoms with Gasteiger partial charge in [0.1, 0.15) is 0 Å². The largest absolute Gasteiger partial charge is 0.481 e. The number of carbonyl (C=O) groups excluding carboxylic acids is 2. The standard InChI is InChI=1S/C19H28N2O6S/c1-4-14-16(5-2)21(28(26)27)12(3)15(18(14)23)6-7-17(22)20-10-8-13(9-11-20)19(24)25/h4-5,12-13,15,28H,6-11H2,1-3H3,(H,24,25)/b14-4+,16-5+/t12-,15+/m1/s1. The highest BCUT2D eigenvalue weighted by atomic mass is 32.2. The van der Waals surface area contributed by atoms with E-state index >= 15 is 0 Å². The maximum Gasteiger partial charge on any atom is 0.306 e. The first-order chi connectivity index (χ1) is 13.2. The Morgan fingerprint density at radius 3 is 2.25 bits per heavy atom. The van der Waals surface area contributed by atoms with E-state index < -0.39 is 34.7 Å². The van der Waals surface area contributed by atoms with Crippen LogP contribution >= 0.6 is 0 Å². The quantitative estimate of drug-likeness (QED) is 0.521. The zero-order valence-electron chi connectivity index (χ0n) is 16.5. The molecule has 2 fully saturated rings. The van der Waals surface area contributed by atoms with Gasteiger partial charge in [-0.2, -0.15) is 0 Å². The van der Waals surface area contributed by atoms with Crippen molar-refractivity contribution < 1.29 is 27.9 Å². The van der Waals surface area contributed by atoms with E-state index in [1.807, 2.05) is 0 Å². The molecule has 0 unspecified atom stereocenters. The van der Waals surface area contributed by atoms with Crippen molar-refractivity contribution in [1.82, 2.24) is 9.21 Å². The smallest absolute Gasteiger partial charge is 0.306 e. The lowest BCUT2D eigenvalue weighted by molar-refractivity contribution is -0.145. The molecule has 2 aliphatic heterocycles. The predicted octanol–water partition coefficient (Wildman–Crippen LogP) is 1.36. The van der Waals surface area contributed by atoms with Crippen LogP contribution in [0, 0.1) is 11.8 Å². The average Bonchev–Trinajstić information content (AvgIpc) is 2.66. The number of rotatable bonds is 5. The van der Waals surface area contributed by atoms with Crippen LogP contribution in [0.15, 0.2) is 23.4 Å². The number of Topliss-reactive ketones (excluding diaryl/α,β-unsaturated/α-hetero) is 1. The van der Waals surface area contributed by atoms with Crippen LogP contribution in [0.2, 0.25) is 0 Å². The number of thiol groups is 1. The number of carboxylic acids is 1. The number of piperidine rings is 2. The van der Waals surface area contributed by atoms with Crippen molar-refractivity contribution in [3.8, 4) is 0 Å². The van der Waals surface area contributed by atoms with E-state index in [0.717, 1.165) is 0 Å². The molecule has 0 aromatic carbocycles. The first-order valence-electron chi connectivity index (χ1n) is 9.54. The summed E-state index contributed by atoms with van der Waals surface area (Å²) in [6, 6.07) is -0.561. The van der Waals surface area contributed by atoms with Crippen molar-refractivity contribution in [2.24, 2.45) is 11.8 Å². The highest BCUT2D eigenvalue weighted by Crippen LogP contribution is 2.34. The Hall–Kier alpha value is -2.16. The van der Waals surface area contributed by atoms with E-state index in [9.17, 15) is 22.8 Å². The van der Waals surface area contributed by atoms with Gasteiger partial charge in [-0.05, 0) is 40.0 Å². The Bertz CT molecular complexity index is 769. The average molecular weight is 413 g/mol. The normalized spacial score (nSPS) is 27.1. The second kappa shape index (κ2) is 9.36. The van der Waals surface area contributed by atoms with Crippen molar-refractivity contribution in [2.75, 3.05) is 13.1 Å². The van der Waals surface area contributed by atoms with Crippen LogP contribution in [0.1, 0.15) is 46.5 Å². The molecule has 0 spiro atoms. The molecule has 0 radical (unpaired) electrons. The fourth-order valence-corrected chi connectivity index (χ4v) is 4.92. The first kappa shape index (κ1) is 22.1. The zero-order valence-corrected chi connectivity index (χ0v) is 17.4. The molecule has 0 aromatic heterocycles. The van der Waals surface area contributed by atoms with Crippen LogP contribution in [-0.4, -0.2) is 59.5 Å². The van der Waals surface area contributed by atoms with Crippen molar-refractivity contribution in [1.29, 1.82) is 0 Å². The number of nitrogens with zero attached hydrogens (tertiary/aromatic N) is 2. The highest BCUT2D eigenvalue weighted by Gasteiger charge is 2.41. The second-order valence-corrected chi connectivity index (χ2v) is 8.11. The summed E-state index contributed by atoms with van der Waals surface area (Å²) in [5, 5.41) is 9.05. The lowest BCUT2D eigenvalue weighted by Gasteiger charge is -2.39. The summed E-state index contributed by atoms with van der Waals surface area (Å²) in [4.78, 5) is 38.1. The van der Waals surface area contributed by atoms with Crippen LogP contribution in [-0.2, 0) is 25.3 Å². The number of amides is 1. The maximum atomic E-state index is 12.9. The van der Waals surface area contributed by atoms with E-state index in [1.54, 1.807) is 37.8 Å². The fourth-order valence-electron chi connectivity index (χ4n) is 4.06. The first-order valence-corrected chi connectivity index (χ1v) is 10.7. The number of aliphatic carboxylic acids is 1. The van der Waals surface area contributed by atoms with Crippen LogP contribution in [0.3, 0.4) is 0 Å². The molecule has 8 nitrogen and oxygen atoms in total. The minimum atomic E-state index is -2.91. The van der Waals surface area contributed by atoms with Gasteiger partial charge < -0.3 is 10.0 Å². The molecular formula is C19H28N2O6S. The van der Waals surface area contributed by atoms with Gasteiger partial charge in [-0.1, -0.05) is 12.2 Å². The molecule has 0 saturated carbocycles. The van der Waals surface area contributed by atoms with Crippen molar-refractivity contribution >= 4 is 28.5 Å². The SMILES string of the molecule is C/C=C1/C(=O)[C@@H](CCC(=O)N2CCC(C(=O)O)CC2)[C@@H](C)N([SH](=O)=O)/C1=C/C. The Balaban J connectivity index is 2.07. The van der Waals surface area contributed by atoms with Gasteiger partial charge >= 0.3 is 5.97 Å². The lowest BCUT2D eigenvalue weighted by atomic mass is 9.82. The molecule has 9 heteroatoms. The Morgan fingerprint density at radius 2 is 1.79 bits per heavy atom. The molecule has 0 aromatic rings. The van der Waals surface area contributed by atoms with Gasteiger partial charge in [-0.25, -0.2) is 8.42 Å². The summed E-state index contributed by atoms with van der Waals surface area (Å²) in [6.45, 7) is 5.86. The van der Waals surface area contributed by atoms with Crippen molar-refractivity contribution in [2.45, 2.75) is 52.5 Å². The number of ketones is 1. The molecule has 28 heavy (non-hydrogen) atoms. The predicted molar refractivity (Wildman–Crippen MR) is 104 cm³/mol. The molecule has 156 valence electrons. The topological polar surface area (TPSA) is 112 Å². The van der Waals surface area contributed by atoms with Gasteiger partial charge in [0, 0.05) is 31.0 Å². The molecule has 1 N–H and O–H groups in total. The number of hydrogen-bond acceptors (Lipinski definition) is 5. The number of allylic oxidation sites excluding steroid dienone is 3. The van der Waals surface area contributed by atoms with Crippen molar-refractivity contribution in [3.05, 3.63) is 23.4 Å². The van der Waals surface area contributed by atoms with Crippen LogP contribution in [0.4, 0.5) is 0 Å². The summed E-state index contributed by atoms with van der Waals surface area (Å²) in [6.07, 6.45) is 4.47. The maximum absolute atomic E-state index is 12.9. The molecule has 2 saturated heterocycles. The van der Waals surface area contributed by atoms with Gasteiger partial charge in [-0.15, -0.1) is 0 Å². The third-order valence-corrected chi connectivity index (χ3v) is 6.63. The van der Waals surface area contributed by atoms with Gasteiger partial charge in [0.15, 0.2) is 5.78 Å². The second-order valence-electron chi connectivity index (χ2n) is 7.20. The van der Waals surface area contributed by atoms with Gasteiger partial charge in [0.25, 0.3) is 0 Å². The Labute approximate surface area is 167 Å². The molecule has 0 bridgehead atoms. The van der Waals surface area contributed by atoms with E-state index in [-0.39, 0.29) is 24.5 Å². The summed E-state index contributed by atoms with van der Waals surface area (Å²) in [5.74, 6) is -2.11. The summed E-state index contributed by atoms with van der Waals surface area (Å²) in [7, 11) is -2.91. The molecule has 2 rings (SSSR count). The molecule has 1 amide bonds. The zero-order chi connectivity index (χ0) is 21.0. The minimum absolute atomic E-state index is 0.124. The third-order valence-electron chi connectivity index (χ3n) is 5.70. The van der Waals surface area contributed by atoms with E-state index in [0.29, 0.717) is 37.2 Å². The molecule has 2 aliphatic rings. The van der Waals surface area contributed by atoms with Crippen LogP contribution in [0.25, 0.3) is 0 Å². The monoisotopic (exact) mass is 412 g/mol. The van der Waals surface area contributed by atoms with Crippen molar-refractivity contribution in [3.63, 3.8) is 0 Å². The van der Waals surface area contributed by atoms with Gasteiger partial charge in [-0.3, -0.25) is 18.7 Å². The highest BCUT2D eigenvalue weighted by molar-refractivity contribution is 7.70. The van der Waals surface area contributed by atoms with E-state index in [4.69, 9.17) is 5.11 Å². The fraction of sp³-hybridized carbons (Fsp3) is 0.632.